The molecule has 0 unspecified atom stereocenters. The van der Waals surface area contributed by atoms with Gasteiger partial charge in [0.2, 0.25) is 0 Å². The van der Waals surface area contributed by atoms with E-state index in [1.54, 1.807) is 0 Å². The number of thiophene rings is 1. The Morgan fingerprint density at radius 1 is 0.339 bits per heavy atom. The van der Waals surface area contributed by atoms with E-state index >= 15 is 0 Å². The van der Waals surface area contributed by atoms with E-state index in [0.717, 1.165) is 17.1 Å². The average Bonchev–Trinajstić information content (AvgIpc) is 3.79. The third-order valence-corrected chi connectivity index (χ3v) is 13.5. The monoisotopic (exact) mass is 771 g/mol. The molecule has 0 fully saturated rings. The van der Waals surface area contributed by atoms with Gasteiger partial charge in [0.25, 0.3) is 0 Å². The molecule has 59 heavy (non-hydrogen) atoms. The second-order valence-corrected chi connectivity index (χ2v) is 17.1. The van der Waals surface area contributed by atoms with Crippen LogP contribution in [0.15, 0.2) is 212 Å². The van der Waals surface area contributed by atoms with Crippen LogP contribution in [-0.4, -0.2) is 0 Å². The third kappa shape index (κ3) is 5.82. The summed E-state index contributed by atoms with van der Waals surface area (Å²) >= 11 is 1.86. The van der Waals surface area contributed by atoms with Crippen LogP contribution in [-0.2, 0) is 5.41 Å². The number of benzene rings is 9. The summed E-state index contributed by atoms with van der Waals surface area (Å²) in [6, 6.07) is 78.2. The zero-order valence-corrected chi connectivity index (χ0v) is 33.9. The Hall–Kier alpha value is -7.00. The van der Waals surface area contributed by atoms with Crippen molar-refractivity contribution in [3.05, 3.63) is 223 Å². The molecule has 1 aliphatic carbocycles. The van der Waals surface area contributed by atoms with Crippen molar-refractivity contribution >= 4 is 48.6 Å². The number of para-hydroxylation sites is 3. The van der Waals surface area contributed by atoms with Gasteiger partial charge in [-0.05, 0) is 86.5 Å². The molecule has 0 aliphatic heterocycles. The number of rotatable bonds is 7. The van der Waals surface area contributed by atoms with E-state index in [2.05, 4.69) is 231 Å². The highest BCUT2D eigenvalue weighted by molar-refractivity contribution is 7.25. The molecule has 0 amide bonds. The molecular formula is C57H41NS. The van der Waals surface area contributed by atoms with Gasteiger partial charge in [-0.15, -0.1) is 11.3 Å². The Bertz CT molecular complexity index is 3190. The number of hydrogen-bond donors (Lipinski definition) is 0. The molecule has 280 valence electrons. The Morgan fingerprint density at radius 3 is 1.58 bits per heavy atom. The maximum Gasteiger partial charge on any atom is 0.0540 e. The maximum atomic E-state index is 2.52. The fourth-order valence-corrected chi connectivity index (χ4v) is 10.5. The van der Waals surface area contributed by atoms with Crippen LogP contribution in [0.5, 0.6) is 0 Å². The molecule has 11 rings (SSSR count). The molecular weight excluding hydrogens is 731 g/mol. The van der Waals surface area contributed by atoms with Crippen LogP contribution in [0.1, 0.15) is 25.0 Å². The molecule has 0 radical (unpaired) electrons. The smallest absolute Gasteiger partial charge is 0.0540 e. The first-order valence-electron chi connectivity index (χ1n) is 20.4. The summed E-state index contributed by atoms with van der Waals surface area (Å²) in [7, 11) is 0. The third-order valence-electron chi connectivity index (χ3n) is 12.3. The summed E-state index contributed by atoms with van der Waals surface area (Å²) in [6.07, 6.45) is 0. The molecule has 0 saturated carbocycles. The van der Waals surface area contributed by atoms with Gasteiger partial charge in [-0.25, -0.2) is 0 Å². The van der Waals surface area contributed by atoms with Crippen molar-refractivity contribution < 1.29 is 0 Å². The van der Waals surface area contributed by atoms with Crippen LogP contribution in [0, 0.1) is 0 Å². The Labute approximate surface area is 350 Å². The lowest BCUT2D eigenvalue weighted by Gasteiger charge is -2.32. The Balaban J connectivity index is 1.16. The van der Waals surface area contributed by atoms with Crippen LogP contribution in [0.3, 0.4) is 0 Å². The summed E-state index contributed by atoms with van der Waals surface area (Å²) in [4.78, 5) is 2.52. The summed E-state index contributed by atoms with van der Waals surface area (Å²) in [5.41, 5.74) is 18.2. The molecule has 1 aliphatic rings. The van der Waals surface area contributed by atoms with E-state index in [1.807, 2.05) is 11.3 Å². The lowest BCUT2D eigenvalue weighted by Crippen LogP contribution is -2.15. The molecule has 0 N–H and O–H groups in total. The normalized spacial score (nSPS) is 12.7. The molecule has 2 heteroatoms. The highest BCUT2D eigenvalue weighted by atomic mass is 32.1. The van der Waals surface area contributed by atoms with E-state index in [1.165, 1.54) is 86.9 Å². The van der Waals surface area contributed by atoms with Crippen molar-refractivity contribution in [3.63, 3.8) is 0 Å². The van der Waals surface area contributed by atoms with Gasteiger partial charge in [-0.1, -0.05) is 190 Å². The van der Waals surface area contributed by atoms with E-state index in [0.29, 0.717) is 0 Å². The number of fused-ring (bicyclic) bond motifs is 6. The van der Waals surface area contributed by atoms with Crippen LogP contribution in [0.4, 0.5) is 17.1 Å². The number of nitrogens with zero attached hydrogens (tertiary/aromatic N) is 1. The van der Waals surface area contributed by atoms with Crippen molar-refractivity contribution in [1.82, 2.24) is 0 Å². The SMILES string of the molecule is CC1(C)c2ccccc2-c2c(-c3ccccc3N(c3ccccc3-c3ccc(-c4ccccc4)cc3)c3ccccc3-c3ccc4sc5ccccc5c4c3)cccc21. The van der Waals surface area contributed by atoms with Crippen molar-refractivity contribution in [3.8, 4) is 55.6 Å². The minimum absolute atomic E-state index is 0.105. The van der Waals surface area contributed by atoms with Crippen LogP contribution >= 0.6 is 11.3 Å². The molecule has 10 aromatic rings. The van der Waals surface area contributed by atoms with E-state index < -0.39 is 0 Å². The Kier molecular flexibility index (Phi) is 8.43. The first-order valence-corrected chi connectivity index (χ1v) is 21.2. The van der Waals surface area contributed by atoms with Gasteiger partial charge in [0.05, 0.1) is 17.1 Å². The van der Waals surface area contributed by atoms with Crippen LogP contribution in [0.25, 0.3) is 75.8 Å². The highest BCUT2D eigenvalue weighted by Crippen LogP contribution is 2.55. The van der Waals surface area contributed by atoms with E-state index in [9.17, 15) is 0 Å². The summed E-state index contributed by atoms with van der Waals surface area (Å²) in [5.74, 6) is 0. The van der Waals surface area contributed by atoms with Crippen LogP contribution in [0.2, 0.25) is 0 Å². The van der Waals surface area contributed by atoms with E-state index in [4.69, 9.17) is 0 Å². The van der Waals surface area contributed by atoms with Gasteiger partial charge in [0.15, 0.2) is 0 Å². The molecule has 0 bridgehead atoms. The molecule has 0 saturated heterocycles. The fourth-order valence-electron chi connectivity index (χ4n) is 9.46. The topological polar surface area (TPSA) is 3.24 Å². The molecule has 1 nitrogen and oxygen atoms in total. The summed E-state index contributed by atoms with van der Waals surface area (Å²) < 4.78 is 2.62. The van der Waals surface area contributed by atoms with Gasteiger partial charge in [-0.3, -0.25) is 0 Å². The van der Waals surface area contributed by atoms with Gasteiger partial charge in [0, 0.05) is 42.3 Å². The Morgan fingerprint density at radius 2 is 0.831 bits per heavy atom. The molecule has 1 aromatic heterocycles. The second-order valence-electron chi connectivity index (χ2n) is 16.0. The van der Waals surface area contributed by atoms with Gasteiger partial charge in [0.1, 0.15) is 0 Å². The predicted molar refractivity (Wildman–Crippen MR) is 253 cm³/mol. The highest BCUT2D eigenvalue weighted by Gasteiger charge is 2.37. The molecule has 1 heterocycles. The zero-order valence-electron chi connectivity index (χ0n) is 33.1. The summed E-state index contributed by atoms with van der Waals surface area (Å²) in [6.45, 7) is 4.73. The maximum absolute atomic E-state index is 2.52. The minimum Gasteiger partial charge on any atom is -0.309 e. The fraction of sp³-hybridized carbons (Fsp3) is 0.0526. The zero-order chi connectivity index (χ0) is 39.5. The van der Waals surface area contributed by atoms with Crippen molar-refractivity contribution in [1.29, 1.82) is 0 Å². The molecule has 0 spiro atoms. The predicted octanol–water partition coefficient (Wildman–Crippen LogP) is 16.5. The van der Waals surface area contributed by atoms with E-state index in [-0.39, 0.29) is 5.41 Å². The summed E-state index contributed by atoms with van der Waals surface area (Å²) in [5, 5.41) is 2.60. The van der Waals surface area contributed by atoms with Crippen molar-refractivity contribution in [2.45, 2.75) is 19.3 Å². The quantitative estimate of drug-likeness (QED) is 0.156. The minimum atomic E-state index is -0.105. The first-order chi connectivity index (χ1) is 29.0. The molecule has 9 aromatic carbocycles. The van der Waals surface area contributed by atoms with Gasteiger partial charge >= 0.3 is 0 Å². The number of anilines is 3. The number of hydrogen-bond acceptors (Lipinski definition) is 2. The van der Waals surface area contributed by atoms with Gasteiger partial charge in [-0.2, -0.15) is 0 Å². The van der Waals surface area contributed by atoms with Crippen molar-refractivity contribution in [2.75, 3.05) is 4.90 Å². The van der Waals surface area contributed by atoms with Gasteiger partial charge < -0.3 is 4.90 Å². The largest absolute Gasteiger partial charge is 0.309 e. The van der Waals surface area contributed by atoms with Crippen LogP contribution < -0.4 is 4.90 Å². The standard InChI is InChI=1S/C57H41NS/c1-57(2)49-25-11-6-23-47(49)56-46(24-16-26-50(56)57)44-21-9-14-29-53(44)58(51-27-12-7-19-42(51)40-33-31-39(32-34-40)38-17-4-3-5-18-38)52-28-13-8-20-43(52)41-35-36-55-48(37-41)45-22-10-15-30-54(45)59-55/h3-37H,1-2H3. The molecule has 0 atom stereocenters. The van der Waals surface area contributed by atoms with Crippen molar-refractivity contribution in [2.24, 2.45) is 0 Å². The lowest BCUT2D eigenvalue weighted by atomic mass is 9.82. The average molecular weight is 772 g/mol. The first kappa shape index (κ1) is 35.2. The second kappa shape index (κ2) is 14.1. The lowest BCUT2D eigenvalue weighted by molar-refractivity contribution is 0.660.